The molecule has 2 aromatic carbocycles. The Kier molecular flexibility index (Phi) is 7.93. The lowest BCUT2D eigenvalue weighted by Gasteiger charge is -2.39. The lowest BCUT2D eigenvalue weighted by molar-refractivity contribution is -0.384. The molecule has 0 amide bonds. The van der Waals surface area contributed by atoms with Crippen molar-refractivity contribution >= 4 is 34.5 Å². The molecule has 0 radical (unpaired) electrons. The van der Waals surface area contributed by atoms with E-state index in [4.69, 9.17) is 5.73 Å². The van der Waals surface area contributed by atoms with Gasteiger partial charge in [0.2, 0.25) is 0 Å². The van der Waals surface area contributed by atoms with Crippen LogP contribution in [-0.4, -0.2) is 39.9 Å². The smallest absolute Gasteiger partial charge is 0.293 e. The van der Waals surface area contributed by atoms with Crippen molar-refractivity contribution in [3.8, 4) is 17.8 Å². The summed E-state index contributed by atoms with van der Waals surface area (Å²) >= 11 is 0. The molecule has 0 spiro atoms. The number of nitrogens with zero attached hydrogens (tertiary/aromatic N) is 7. The molecule has 210 valence electrons. The molecule has 10 nitrogen and oxygen atoms in total. The first kappa shape index (κ1) is 27.7. The number of allylic oxidation sites excluding steroid dienone is 1. The van der Waals surface area contributed by atoms with Crippen LogP contribution >= 0.6 is 0 Å². The Hall–Kier alpha value is -4.83. The Labute approximate surface area is 240 Å². The molecular weight excluding hydrogens is 516 g/mol. The first-order chi connectivity index (χ1) is 19.8. The number of nitro groups is 1. The zero-order valence-electron chi connectivity index (χ0n) is 23.5. The number of nitro benzene ring substituents is 1. The van der Waals surface area contributed by atoms with Gasteiger partial charge in [-0.25, -0.2) is 4.68 Å². The van der Waals surface area contributed by atoms with E-state index in [1.165, 1.54) is 4.68 Å². The molecule has 3 heterocycles. The average Bonchev–Trinajstić information content (AvgIpc) is 3.32. The molecule has 2 fully saturated rings. The minimum Gasteiger partial charge on any atom is -0.382 e. The van der Waals surface area contributed by atoms with Crippen LogP contribution in [0.4, 0.5) is 22.9 Å². The van der Waals surface area contributed by atoms with Crippen molar-refractivity contribution in [2.75, 3.05) is 28.6 Å². The molecule has 1 aromatic heterocycles. The van der Waals surface area contributed by atoms with Crippen LogP contribution in [0.5, 0.6) is 0 Å². The van der Waals surface area contributed by atoms with Crippen LogP contribution in [0, 0.1) is 32.8 Å². The molecule has 0 unspecified atom stereocenters. The molecule has 0 aliphatic carbocycles. The maximum absolute atomic E-state index is 12.4. The van der Waals surface area contributed by atoms with Crippen LogP contribution in [0.2, 0.25) is 0 Å². The first-order valence-corrected chi connectivity index (χ1v) is 14.2. The summed E-state index contributed by atoms with van der Waals surface area (Å²) in [4.78, 5) is 16.5. The first-order valence-electron chi connectivity index (χ1n) is 14.2. The highest BCUT2D eigenvalue weighted by molar-refractivity contribution is 5.95. The molecule has 2 aliphatic heterocycles. The molecule has 2 saturated heterocycles. The van der Waals surface area contributed by atoms with Crippen molar-refractivity contribution < 1.29 is 4.92 Å². The van der Waals surface area contributed by atoms with Gasteiger partial charge < -0.3 is 15.5 Å². The van der Waals surface area contributed by atoms with Crippen molar-refractivity contribution in [1.29, 1.82) is 10.5 Å². The summed E-state index contributed by atoms with van der Waals surface area (Å²) in [7, 11) is 0. The van der Waals surface area contributed by atoms with Crippen molar-refractivity contribution in [2.24, 2.45) is 0 Å². The number of piperidine rings is 2. The molecule has 2 atom stereocenters. The Bertz CT molecular complexity index is 1560. The fraction of sp³-hybridized carbons (Fsp3) is 0.387. The summed E-state index contributed by atoms with van der Waals surface area (Å²) in [6.07, 6.45) is 7.84. The van der Waals surface area contributed by atoms with Crippen LogP contribution in [0.15, 0.2) is 42.5 Å². The predicted octanol–water partition coefficient (Wildman–Crippen LogP) is 6.06. The molecule has 5 rings (SSSR count). The quantitative estimate of drug-likeness (QED) is 0.222. The molecule has 0 bridgehead atoms. The summed E-state index contributed by atoms with van der Waals surface area (Å²) < 4.78 is 1.44. The highest BCUT2D eigenvalue weighted by Crippen LogP contribution is 2.41. The number of hydrogen-bond donors (Lipinski definition) is 1. The third-order valence-corrected chi connectivity index (χ3v) is 8.25. The second kappa shape index (κ2) is 11.7. The van der Waals surface area contributed by atoms with Gasteiger partial charge in [0.15, 0.2) is 0 Å². The van der Waals surface area contributed by atoms with Gasteiger partial charge in [-0.1, -0.05) is 18.2 Å². The van der Waals surface area contributed by atoms with E-state index in [-0.39, 0.29) is 45.3 Å². The van der Waals surface area contributed by atoms with E-state index in [9.17, 15) is 20.6 Å². The lowest BCUT2D eigenvalue weighted by atomic mass is 9.97. The average molecular weight is 551 g/mol. The number of anilines is 3. The number of benzene rings is 2. The van der Waals surface area contributed by atoms with E-state index in [1.807, 2.05) is 36.4 Å². The van der Waals surface area contributed by atoms with E-state index in [0.29, 0.717) is 16.9 Å². The second-order valence-electron chi connectivity index (χ2n) is 10.9. The van der Waals surface area contributed by atoms with Gasteiger partial charge in [-0.05, 0) is 76.6 Å². The van der Waals surface area contributed by atoms with E-state index in [2.05, 4.69) is 40.9 Å². The van der Waals surface area contributed by atoms with Crippen LogP contribution in [0.3, 0.4) is 0 Å². The standard InChI is InChI=1S/C31H34N8O2/c1-21-10-6-8-14-36(21)27-18-28(37-15-9-7-11-22(37)2)29(39(40)41)17-23(27)16-24(19-32)30-26(20-33)31(34)38(35-30)25-12-4-3-5-13-25/h3-5,12-13,16-18,21-22H,6-11,14-15,34H2,1-2H3/b24-16+/t21-,22-/m0/s1. The third kappa shape index (κ3) is 5.33. The Morgan fingerprint density at radius 1 is 1.02 bits per heavy atom. The van der Waals surface area contributed by atoms with Crippen LogP contribution in [0.1, 0.15) is 69.2 Å². The number of hydrogen-bond acceptors (Lipinski definition) is 8. The Morgan fingerprint density at radius 3 is 2.22 bits per heavy atom. The van der Waals surface area contributed by atoms with Gasteiger partial charge in [-0.2, -0.15) is 15.6 Å². The summed E-state index contributed by atoms with van der Waals surface area (Å²) in [5.74, 6) is 0.125. The second-order valence-corrected chi connectivity index (χ2v) is 10.9. The summed E-state index contributed by atoms with van der Waals surface area (Å²) in [6, 6.07) is 17.4. The molecular formula is C31H34N8O2. The number of para-hydroxylation sites is 1. The monoisotopic (exact) mass is 550 g/mol. The zero-order valence-corrected chi connectivity index (χ0v) is 23.5. The Balaban J connectivity index is 1.71. The highest BCUT2D eigenvalue weighted by Gasteiger charge is 2.30. The maximum Gasteiger partial charge on any atom is 0.293 e. The molecule has 2 N–H and O–H groups in total. The fourth-order valence-corrected chi connectivity index (χ4v) is 6.04. The summed E-state index contributed by atoms with van der Waals surface area (Å²) in [5, 5.41) is 37.2. The number of nitriles is 2. The van der Waals surface area contributed by atoms with Gasteiger partial charge >= 0.3 is 0 Å². The van der Waals surface area contributed by atoms with Crippen LogP contribution in [0.25, 0.3) is 17.3 Å². The minimum absolute atomic E-state index is 0.00513. The SMILES string of the molecule is C[C@H]1CCCCN1c1cc(N2CCCC[C@@H]2C)c([N+](=O)[O-])cc1/C=C(\C#N)c1nn(-c2ccccc2)c(N)c1C#N. The topological polar surface area (TPSA) is 141 Å². The fourth-order valence-electron chi connectivity index (χ4n) is 6.04. The normalized spacial score (nSPS) is 19.5. The van der Waals surface area contributed by atoms with E-state index in [0.717, 1.165) is 57.3 Å². The maximum atomic E-state index is 12.4. The van der Waals surface area contributed by atoms with Gasteiger partial charge in [0.1, 0.15) is 34.9 Å². The van der Waals surface area contributed by atoms with Gasteiger partial charge in [0, 0.05) is 42.5 Å². The number of nitrogen functional groups attached to an aromatic ring is 1. The zero-order chi connectivity index (χ0) is 29.1. The predicted molar refractivity (Wildman–Crippen MR) is 161 cm³/mol. The molecule has 10 heteroatoms. The van der Waals surface area contributed by atoms with E-state index >= 15 is 0 Å². The molecule has 3 aromatic rings. The summed E-state index contributed by atoms with van der Waals surface area (Å²) in [5.41, 5.74) is 9.32. The van der Waals surface area contributed by atoms with Crippen molar-refractivity contribution in [3.05, 3.63) is 69.4 Å². The molecule has 41 heavy (non-hydrogen) atoms. The van der Waals surface area contributed by atoms with Crippen LogP contribution < -0.4 is 15.5 Å². The number of rotatable bonds is 6. The van der Waals surface area contributed by atoms with Gasteiger partial charge in [-0.3, -0.25) is 10.1 Å². The molecule has 0 saturated carbocycles. The largest absolute Gasteiger partial charge is 0.382 e. The Morgan fingerprint density at radius 2 is 1.66 bits per heavy atom. The van der Waals surface area contributed by atoms with Crippen molar-refractivity contribution in [2.45, 2.75) is 64.5 Å². The van der Waals surface area contributed by atoms with Crippen LogP contribution in [-0.2, 0) is 0 Å². The molecule has 2 aliphatic rings. The number of nitrogens with two attached hydrogens (primary N) is 1. The lowest BCUT2D eigenvalue weighted by Crippen LogP contribution is -2.39. The highest BCUT2D eigenvalue weighted by atomic mass is 16.6. The van der Waals surface area contributed by atoms with Gasteiger partial charge in [-0.15, -0.1) is 0 Å². The van der Waals surface area contributed by atoms with E-state index < -0.39 is 0 Å². The number of aromatic nitrogens is 2. The van der Waals surface area contributed by atoms with Gasteiger partial charge in [0.25, 0.3) is 5.69 Å². The minimum atomic E-state index is -0.341. The van der Waals surface area contributed by atoms with Crippen molar-refractivity contribution in [3.63, 3.8) is 0 Å². The van der Waals surface area contributed by atoms with Crippen molar-refractivity contribution in [1.82, 2.24) is 9.78 Å². The van der Waals surface area contributed by atoms with E-state index in [1.54, 1.807) is 12.1 Å². The summed E-state index contributed by atoms with van der Waals surface area (Å²) in [6.45, 7) is 5.86. The van der Waals surface area contributed by atoms with Gasteiger partial charge in [0.05, 0.1) is 16.2 Å². The third-order valence-electron chi connectivity index (χ3n) is 8.25.